The third kappa shape index (κ3) is 5.15. The number of ether oxygens (including phenoxy) is 1. The second kappa shape index (κ2) is 10.4. The molecule has 2 N–H and O–H groups in total. The summed E-state index contributed by atoms with van der Waals surface area (Å²) in [5.74, 6) is -0.471. The molecule has 35 heavy (non-hydrogen) atoms. The van der Waals surface area contributed by atoms with Gasteiger partial charge in [-0.05, 0) is 60.3 Å². The second-order valence-corrected chi connectivity index (χ2v) is 12.7. The Morgan fingerprint density at radius 3 is 2.80 bits per heavy atom. The fraction of sp³-hybridized carbons (Fsp3) is 0.423. The molecule has 1 amide bonds. The second-order valence-electron chi connectivity index (χ2n) is 9.15. The zero-order chi connectivity index (χ0) is 24.3. The van der Waals surface area contributed by atoms with Crippen LogP contribution in [0.15, 0.2) is 54.6 Å². The lowest BCUT2D eigenvalue weighted by Crippen LogP contribution is -2.43. The molecule has 2 fully saturated rings. The number of fused-ring (bicyclic) bond motifs is 1. The van der Waals surface area contributed by atoms with Gasteiger partial charge in [0.2, 0.25) is 5.91 Å². The van der Waals surface area contributed by atoms with Crippen molar-refractivity contribution in [1.82, 2.24) is 10.8 Å². The van der Waals surface area contributed by atoms with E-state index in [0.717, 1.165) is 34.1 Å². The summed E-state index contributed by atoms with van der Waals surface area (Å²) < 4.78 is 31.4. The van der Waals surface area contributed by atoms with Gasteiger partial charge in [-0.25, -0.2) is 18.7 Å². The number of hydroxylamine groups is 1. The third-order valence-corrected chi connectivity index (χ3v) is 10.8. The van der Waals surface area contributed by atoms with Gasteiger partial charge in [-0.15, -0.1) is 11.3 Å². The minimum atomic E-state index is -3.62. The summed E-state index contributed by atoms with van der Waals surface area (Å²) >= 11 is 1.45. The molecule has 5 rings (SSSR count). The molecule has 2 saturated heterocycles. The van der Waals surface area contributed by atoms with Gasteiger partial charge in [-0.2, -0.15) is 0 Å². The molecule has 186 valence electrons. The Balaban J connectivity index is 1.44. The number of thiophene rings is 1. The summed E-state index contributed by atoms with van der Waals surface area (Å²) in [5.41, 5.74) is 3.50. The maximum Gasteiger partial charge on any atom is 0.245 e. The van der Waals surface area contributed by atoms with Gasteiger partial charge in [0, 0.05) is 29.3 Å². The average molecular weight is 515 g/mol. The van der Waals surface area contributed by atoms with E-state index in [4.69, 9.17) is 9.57 Å². The largest absolute Gasteiger partial charge is 0.350 e. The van der Waals surface area contributed by atoms with Gasteiger partial charge in [0.15, 0.2) is 16.1 Å². The predicted octanol–water partition coefficient (Wildman–Crippen LogP) is 4.14. The molecule has 2 unspecified atom stereocenters. The summed E-state index contributed by atoms with van der Waals surface area (Å²) in [5, 5.41) is 5.47. The monoisotopic (exact) mass is 514 g/mol. The van der Waals surface area contributed by atoms with E-state index < -0.39 is 26.8 Å². The number of sulfone groups is 1. The number of carbonyl (C=O) groups excluding carboxylic acids is 1. The zero-order valence-electron chi connectivity index (χ0n) is 19.5. The van der Waals surface area contributed by atoms with Crippen LogP contribution >= 0.6 is 11.3 Å². The first-order valence-electron chi connectivity index (χ1n) is 12.1. The van der Waals surface area contributed by atoms with Crippen LogP contribution in [-0.2, 0) is 29.0 Å². The molecule has 3 aromatic rings. The molecule has 9 heteroatoms. The standard InChI is InChI=1S/C26H30N2O5S2/c29-24(28-33-25-7-3-4-15-32-25)18-26(12-13-27-14-16-35(26,30)31)23-11-10-22(34-23)21-9-8-19-5-1-2-6-20(19)17-21/h1-2,5-6,8-11,17,25,27H,3-4,7,12-16,18H2,(H,28,29). The highest BCUT2D eigenvalue weighted by molar-refractivity contribution is 7.92. The molecule has 3 heterocycles. The van der Waals surface area contributed by atoms with E-state index >= 15 is 0 Å². The number of amides is 1. The van der Waals surface area contributed by atoms with Crippen molar-refractivity contribution >= 4 is 37.9 Å². The van der Waals surface area contributed by atoms with E-state index in [1.54, 1.807) is 0 Å². The van der Waals surface area contributed by atoms with Gasteiger partial charge in [-0.3, -0.25) is 4.79 Å². The molecule has 2 atom stereocenters. The lowest BCUT2D eigenvalue weighted by atomic mass is 9.97. The van der Waals surface area contributed by atoms with E-state index in [9.17, 15) is 13.2 Å². The van der Waals surface area contributed by atoms with E-state index in [-0.39, 0.29) is 12.2 Å². The number of nitrogens with one attached hydrogen (secondary N) is 2. The highest BCUT2D eigenvalue weighted by Gasteiger charge is 2.48. The van der Waals surface area contributed by atoms with E-state index in [0.29, 0.717) is 37.4 Å². The van der Waals surface area contributed by atoms with Gasteiger partial charge in [-0.1, -0.05) is 36.4 Å². The molecule has 2 aromatic carbocycles. The highest BCUT2D eigenvalue weighted by Crippen LogP contribution is 2.44. The van der Waals surface area contributed by atoms with Crippen LogP contribution in [0.3, 0.4) is 0 Å². The molecule has 0 radical (unpaired) electrons. The SMILES string of the molecule is O=C(CC1(c2ccc(-c3ccc4ccccc4c3)s2)CCNCCS1(=O)=O)NOC1CCCCO1. The van der Waals surface area contributed by atoms with E-state index in [2.05, 4.69) is 41.1 Å². The van der Waals surface area contributed by atoms with Crippen LogP contribution < -0.4 is 10.8 Å². The van der Waals surface area contributed by atoms with Crippen molar-refractivity contribution in [3.63, 3.8) is 0 Å². The summed E-state index contributed by atoms with van der Waals surface area (Å²) in [6, 6.07) is 18.2. The molecule has 2 aliphatic rings. The molecule has 0 spiro atoms. The molecular weight excluding hydrogens is 484 g/mol. The number of carbonyl (C=O) groups is 1. The smallest absolute Gasteiger partial charge is 0.245 e. The quantitative estimate of drug-likeness (QED) is 0.481. The molecule has 7 nitrogen and oxygen atoms in total. The van der Waals surface area contributed by atoms with Crippen molar-refractivity contribution in [1.29, 1.82) is 0 Å². The maximum atomic E-state index is 13.6. The Labute approximate surface area is 209 Å². The Morgan fingerprint density at radius 2 is 1.97 bits per heavy atom. The van der Waals surface area contributed by atoms with Crippen molar-refractivity contribution in [3.8, 4) is 10.4 Å². The lowest BCUT2D eigenvalue weighted by Gasteiger charge is -2.31. The van der Waals surface area contributed by atoms with E-state index in [1.165, 1.54) is 11.3 Å². The van der Waals surface area contributed by atoms with Gasteiger partial charge in [0.1, 0.15) is 4.75 Å². The normalized spacial score (nSPS) is 24.6. The molecular formula is C26H30N2O5S2. The first-order valence-corrected chi connectivity index (χ1v) is 14.5. The van der Waals surface area contributed by atoms with Crippen molar-refractivity contribution in [2.45, 2.75) is 43.1 Å². The molecule has 0 bridgehead atoms. The fourth-order valence-electron chi connectivity index (χ4n) is 4.85. The van der Waals surface area contributed by atoms with Crippen LogP contribution in [0.4, 0.5) is 0 Å². The Bertz CT molecular complexity index is 1300. The van der Waals surface area contributed by atoms with Crippen LogP contribution in [0.1, 0.15) is 37.0 Å². The van der Waals surface area contributed by atoms with Gasteiger partial charge >= 0.3 is 0 Å². The maximum absolute atomic E-state index is 13.6. The van der Waals surface area contributed by atoms with Crippen molar-refractivity contribution < 1.29 is 22.8 Å². The number of rotatable bonds is 6. The van der Waals surface area contributed by atoms with Crippen molar-refractivity contribution in [2.24, 2.45) is 0 Å². The number of benzene rings is 2. The van der Waals surface area contributed by atoms with Gasteiger partial charge < -0.3 is 10.1 Å². The van der Waals surface area contributed by atoms with Gasteiger partial charge in [0.05, 0.1) is 12.2 Å². The summed E-state index contributed by atoms with van der Waals surface area (Å²) in [4.78, 5) is 20.1. The lowest BCUT2D eigenvalue weighted by molar-refractivity contribution is -0.200. The summed E-state index contributed by atoms with van der Waals surface area (Å²) in [6.45, 7) is 1.49. The first kappa shape index (κ1) is 24.4. The van der Waals surface area contributed by atoms with Crippen LogP contribution in [0, 0.1) is 0 Å². The highest BCUT2D eigenvalue weighted by atomic mass is 32.2. The van der Waals surface area contributed by atoms with Crippen LogP contribution in [0.2, 0.25) is 0 Å². The Kier molecular flexibility index (Phi) is 7.22. The summed E-state index contributed by atoms with van der Waals surface area (Å²) in [7, 11) is -3.62. The number of hydrogen-bond acceptors (Lipinski definition) is 7. The molecule has 0 saturated carbocycles. The van der Waals surface area contributed by atoms with Crippen LogP contribution in [-0.4, -0.2) is 46.1 Å². The van der Waals surface area contributed by atoms with E-state index in [1.807, 2.05) is 24.3 Å². The topological polar surface area (TPSA) is 93.7 Å². The molecule has 0 aliphatic carbocycles. The van der Waals surface area contributed by atoms with Crippen LogP contribution in [0.25, 0.3) is 21.2 Å². The van der Waals surface area contributed by atoms with Crippen LogP contribution in [0.5, 0.6) is 0 Å². The molecule has 1 aromatic heterocycles. The minimum Gasteiger partial charge on any atom is -0.350 e. The molecule has 2 aliphatic heterocycles. The third-order valence-electron chi connectivity index (χ3n) is 6.83. The summed E-state index contributed by atoms with van der Waals surface area (Å²) in [6.07, 6.45) is 2.28. The number of hydrogen-bond donors (Lipinski definition) is 2. The Morgan fingerprint density at radius 1 is 1.11 bits per heavy atom. The zero-order valence-corrected chi connectivity index (χ0v) is 21.1. The van der Waals surface area contributed by atoms with Gasteiger partial charge in [0.25, 0.3) is 0 Å². The Hall–Kier alpha value is -2.30. The predicted molar refractivity (Wildman–Crippen MR) is 138 cm³/mol. The van der Waals surface area contributed by atoms with Crippen molar-refractivity contribution in [3.05, 3.63) is 59.5 Å². The van der Waals surface area contributed by atoms with Crippen molar-refractivity contribution in [2.75, 3.05) is 25.4 Å². The average Bonchev–Trinajstić information content (AvgIpc) is 3.32. The fourth-order valence-corrected chi connectivity index (χ4v) is 8.41. The first-order chi connectivity index (χ1) is 17.0. The minimum absolute atomic E-state index is 0.0178.